The van der Waals surface area contributed by atoms with Crippen molar-refractivity contribution >= 4 is 63.4 Å². The van der Waals surface area contributed by atoms with Crippen LogP contribution in [0.3, 0.4) is 0 Å². The number of hydrogen-bond donors (Lipinski definition) is 0. The van der Waals surface area contributed by atoms with E-state index < -0.39 is 16.6 Å². The summed E-state index contributed by atoms with van der Waals surface area (Å²) < 4.78 is 14.4. The molecule has 0 atom stereocenters. The van der Waals surface area contributed by atoms with Gasteiger partial charge in [-0.2, -0.15) is 0 Å². The highest BCUT2D eigenvalue weighted by Crippen LogP contribution is 2.39. The Kier molecular flexibility index (Phi) is 6.40. The van der Waals surface area contributed by atoms with Crippen molar-refractivity contribution in [1.82, 2.24) is 0 Å². The molecule has 5 nitrogen and oxygen atoms in total. The second kappa shape index (κ2) is 9.23. The Bertz CT molecular complexity index is 1280. The van der Waals surface area contributed by atoms with Crippen molar-refractivity contribution in [3.63, 3.8) is 0 Å². The number of hydrogen-bond acceptors (Lipinski definition) is 6. The lowest BCUT2D eigenvalue weighted by Crippen LogP contribution is -2.28. The molecule has 1 aliphatic rings. The molecule has 0 aliphatic carbocycles. The Morgan fingerprint density at radius 3 is 2.53 bits per heavy atom. The van der Waals surface area contributed by atoms with E-state index in [-0.39, 0.29) is 20.6 Å². The Balaban J connectivity index is 1.64. The van der Waals surface area contributed by atoms with Crippen LogP contribution in [0.1, 0.15) is 11.1 Å². The molecule has 1 aliphatic heterocycles. The fourth-order valence-electron chi connectivity index (χ4n) is 3.05. The summed E-state index contributed by atoms with van der Waals surface area (Å²) in [6, 6.07) is 18.4. The normalized spacial score (nSPS) is 14.9. The van der Waals surface area contributed by atoms with E-state index in [1.54, 1.807) is 18.2 Å². The number of amides is 1. The molecule has 9 heteroatoms. The van der Waals surface area contributed by atoms with Crippen LogP contribution in [-0.2, 0) is 4.79 Å². The van der Waals surface area contributed by atoms with E-state index in [9.17, 15) is 19.3 Å². The molecule has 1 amide bonds. The van der Waals surface area contributed by atoms with Crippen molar-refractivity contribution in [2.75, 3.05) is 4.90 Å². The predicted octanol–water partition coefficient (Wildman–Crippen LogP) is 6.60. The lowest BCUT2D eigenvalue weighted by atomic mass is 10.2. The van der Waals surface area contributed by atoms with Crippen molar-refractivity contribution in [3.05, 3.63) is 98.7 Å². The van der Waals surface area contributed by atoms with Gasteiger partial charge in [0.1, 0.15) is 5.82 Å². The van der Waals surface area contributed by atoms with Crippen LogP contribution < -0.4 is 4.90 Å². The molecule has 0 aromatic heterocycles. The first kappa shape index (κ1) is 22.2. The van der Waals surface area contributed by atoms with Crippen LogP contribution in [0.4, 0.5) is 15.8 Å². The zero-order valence-corrected chi connectivity index (χ0v) is 19.1. The highest BCUT2D eigenvalue weighted by Gasteiger charge is 2.34. The molecule has 4 rings (SSSR count). The van der Waals surface area contributed by atoms with Gasteiger partial charge < -0.3 is 0 Å². The molecule has 160 valence electrons. The van der Waals surface area contributed by atoms with E-state index in [4.69, 9.17) is 12.2 Å². The van der Waals surface area contributed by atoms with Crippen LogP contribution in [-0.4, -0.2) is 15.2 Å². The van der Waals surface area contributed by atoms with E-state index in [0.717, 1.165) is 27.1 Å². The van der Waals surface area contributed by atoms with Gasteiger partial charge in [0, 0.05) is 11.0 Å². The Labute approximate surface area is 197 Å². The number of halogens is 1. The maximum atomic E-state index is 14.2. The predicted molar refractivity (Wildman–Crippen MR) is 130 cm³/mol. The number of anilines is 1. The van der Waals surface area contributed by atoms with Crippen LogP contribution in [0.2, 0.25) is 0 Å². The third-order valence-electron chi connectivity index (χ3n) is 4.61. The van der Waals surface area contributed by atoms with E-state index in [1.165, 1.54) is 42.1 Å². The number of nitro groups is 1. The quantitative estimate of drug-likeness (QED) is 0.177. The molecular formula is C23H15FN2O3S3. The topological polar surface area (TPSA) is 63.5 Å². The molecule has 1 heterocycles. The summed E-state index contributed by atoms with van der Waals surface area (Å²) >= 11 is 7.60. The molecule has 0 bridgehead atoms. The minimum Gasteiger partial charge on any atom is -0.268 e. The van der Waals surface area contributed by atoms with Crippen LogP contribution >= 0.6 is 35.7 Å². The Morgan fingerprint density at radius 1 is 1.12 bits per heavy atom. The summed E-state index contributed by atoms with van der Waals surface area (Å²) in [4.78, 5) is 26.9. The minimum atomic E-state index is -0.557. The Morgan fingerprint density at radius 2 is 1.84 bits per heavy atom. The number of thioether (sulfide) groups is 1. The molecule has 1 saturated heterocycles. The van der Waals surface area contributed by atoms with Crippen molar-refractivity contribution in [2.45, 2.75) is 16.7 Å². The fraction of sp³-hybridized carbons (Fsp3) is 0.0435. The van der Waals surface area contributed by atoms with E-state index >= 15 is 0 Å². The molecule has 0 radical (unpaired) electrons. The second-order valence-electron chi connectivity index (χ2n) is 6.87. The number of benzene rings is 3. The number of aryl methyl sites for hydroxylation is 1. The van der Waals surface area contributed by atoms with Gasteiger partial charge in [0.25, 0.3) is 11.6 Å². The largest absolute Gasteiger partial charge is 0.283 e. The van der Waals surface area contributed by atoms with Gasteiger partial charge in [-0.3, -0.25) is 19.8 Å². The SMILES string of the molecule is Cc1ccc(Sc2ccc(C=C3SC(=S)N(c4ccccc4F)C3=O)cc2[N+](=O)[O-])cc1. The lowest BCUT2D eigenvalue weighted by Gasteiger charge is -2.14. The van der Waals surface area contributed by atoms with Gasteiger partial charge in [-0.25, -0.2) is 4.39 Å². The van der Waals surface area contributed by atoms with E-state index in [2.05, 4.69) is 0 Å². The number of rotatable bonds is 5. The standard InChI is InChI=1S/C23H15FN2O3S3/c1-14-6-9-16(10-7-14)31-20-11-8-15(12-19(20)26(28)29)13-21-22(27)25(23(30)32-21)18-5-3-2-4-17(18)24/h2-13H,1H3. The van der Waals surface area contributed by atoms with Gasteiger partial charge in [-0.05, 0) is 48.9 Å². The summed E-state index contributed by atoms with van der Waals surface area (Å²) in [6.07, 6.45) is 1.54. The average molecular weight is 483 g/mol. The second-order valence-corrected chi connectivity index (χ2v) is 9.66. The summed E-state index contributed by atoms with van der Waals surface area (Å²) in [5.41, 5.74) is 1.61. The molecule has 3 aromatic carbocycles. The number of carbonyl (C=O) groups excluding carboxylic acids is 1. The first-order chi connectivity index (χ1) is 15.3. The first-order valence-corrected chi connectivity index (χ1v) is 11.4. The minimum absolute atomic E-state index is 0.0612. The molecule has 0 saturated carbocycles. The lowest BCUT2D eigenvalue weighted by molar-refractivity contribution is -0.387. The highest BCUT2D eigenvalue weighted by atomic mass is 32.2. The number of nitro benzene ring substituents is 1. The average Bonchev–Trinajstić information content (AvgIpc) is 3.04. The van der Waals surface area contributed by atoms with Crippen molar-refractivity contribution in [3.8, 4) is 0 Å². The molecular weight excluding hydrogens is 467 g/mol. The van der Waals surface area contributed by atoms with Gasteiger partial charge in [-0.15, -0.1) is 0 Å². The van der Waals surface area contributed by atoms with Crippen LogP contribution in [0.25, 0.3) is 6.08 Å². The molecule has 32 heavy (non-hydrogen) atoms. The van der Waals surface area contributed by atoms with Crippen molar-refractivity contribution < 1.29 is 14.1 Å². The van der Waals surface area contributed by atoms with Crippen molar-refractivity contribution in [2.24, 2.45) is 0 Å². The van der Waals surface area contributed by atoms with Gasteiger partial charge >= 0.3 is 0 Å². The monoisotopic (exact) mass is 482 g/mol. The number of nitrogens with zero attached hydrogens (tertiary/aromatic N) is 2. The van der Waals surface area contributed by atoms with Gasteiger partial charge in [0.2, 0.25) is 0 Å². The summed E-state index contributed by atoms with van der Waals surface area (Å²) in [7, 11) is 0. The molecule has 0 N–H and O–H groups in total. The molecule has 0 unspecified atom stereocenters. The van der Waals surface area contributed by atoms with Gasteiger partial charge in [0.15, 0.2) is 4.32 Å². The maximum absolute atomic E-state index is 14.2. The Hall–Kier alpha value is -3.01. The zero-order chi connectivity index (χ0) is 22.8. The smallest absolute Gasteiger partial charge is 0.268 e. The molecule has 1 fully saturated rings. The van der Waals surface area contributed by atoms with Crippen LogP contribution in [0, 0.1) is 22.9 Å². The van der Waals surface area contributed by atoms with Gasteiger partial charge in [-0.1, -0.05) is 71.6 Å². The van der Waals surface area contributed by atoms with Crippen LogP contribution in [0.15, 0.2) is 81.4 Å². The molecule has 0 spiro atoms. The molecule has 3 aromatic rings. The summed E-state index contributed by atoms with van der Waals surface area (Å²) in [5.74, 6) is -1.02. The third kappa shape index (κ3) is 4.59. The number of thiocarbonyl (C=S) groups is 1. The van der Waals surface area contributed by atoms with Gasteiger partial charge in [0.05, 0.1) is 20.4 Å². The number of carbonyl (C=O) groups is 1. The summed E-state index contributed by atoms with van der Waals surface area (Å²) in [5, 5.41) is 11.7. The highest BCUT2D eigenvalue weighted by molar-refractivity contribution is 8.27. The first-order valence-electron chi connectivity index (χ1n) is 9.39. The zero-order valence-electron chi connectivity index (χ0n) is 16.7. The number of para-hydroxylation sites is 1. The van der Waals surface area contributed by atoms with E-state index in [0.29, 0.717) is 10.5 Å². The third-order valence-corrected chi connectivity index (χ3v) is 6.99. The fourth-order valence-corrected chi connectivity index (χ4v) is 5.23. The maximum Gasteiger partial charge on any atom is 0.283 e. The van der Waals surface area contributed by atoms with E-state index in [1.807, 2.05) is 31.2 Å². The summed E-state index contributed by atoms with van der Waals surface area (Å²) in [6.45, 7) is 1.97. The van der Waals surface area contributed by atoms with Crippen LogP contribution in [0.5, 0.6) is 0 Å². The van der Waals surface area contributed by atoms with Crippen molar-refractivity contribution in [1.29, 1.82) is 0 Å².